The molecule has 0 aromatic heterocycles. The lowest BCUT2D eigenvalue weighted by molar-refractivity contribution is 0.167. The number of carbonyl (C=O) groups excluding carboxylic acids is 1. The SMILES string of the molecule is CCCC1(CNC(=O)N2CCCC(C)C2)CC1. The van der Waals surface area contributed by atoms with E-state index < -0.39 is 0 Å². The molecule has 1 aliphatic heterocycles. The first-order valence-corrected chi connectivity index (χ1v) is 7.18. The summed E-state index contributed by atoms with van der Waals surface area (Å²) in [7, 11) is 0. The van der Waals surface area contributed by atoms with E-state index in [1.54, 1.807) is 0 Å². The normalized spacial score (nSPS) is 26.7. The first-order valence-electron chi connectivity index (χ1n) is 7.18. The van der Waals surface area contributed by atoms with Gasteiger partial charge in [0.2, 0.25) is 0 Å². The van der Waals surface area contributed by atoms with Crippen LogP contribution in [0.25, 0.3) is 0 Å². The fraction of sp³-hybridized carbons (Fsp3) is 0.929. The molecule has 2 amide bonds. The molecular weight excluding hydrogens is 212 g/mol. The smallest absolute Gasteiger partial charge is 0.317 e. The van der Waals surface area contributed by atoms with Crippen molar-refractivity contribution in [3.8, 4) is 0 Å². The van der Waals surface area contributed by atoms with E-state index in [2.05, 4.69) is 19.2 Å². The third-order valence-electron chi connectivity index (χ3n) is 4.30. The van der Waals surface area contributed by atoms with Crippen molar-refractivity contribution < 1.29 is 4.79 Å². The van der Waals surface area contributed by atoms with Gasteiger partial charge >= 0.3 is 6.03 Å². The molecule has 2 rings (SSSR count). The average Bonchev–Trinajstić information content (AvgIpc) is 3.07. The van der Waals surface area contributed by atoms with Crippen molar-refractivity contribution in [1.29, 1.82) is 0 Å². The van der Waals surface area contributed by atoms with E-state index in [1.807, 2.05) is 4.90 Å². The summed E-state index contributed by atoms with van der Waals surface area (Å²) in [5.41, 5.74) is 0.464. The van der Waals surface area contributed by atoms with E-state index in [0.717, 1.165) is 26.1 Å². The molecule has 1 aliphatic carbocycles. The Bertz CT molecular complexity index is 273. The molecule has 1 atom stereocenters. The van der Waals surface area contributed by atoms with Crippen LogP contribution in [0.1, 0.15) is 52.4 Å². The molecule has 0 aromatic carbocycles. The minimum absolute atomic E-state index is 0.166. The van der Waals surface area contributed by atoms with Crippen molar-refractivity contribution >= 4 is 6.03 Å². The van der Waals surface area contributed by atoms with Gasteiger partial charge in [0, 0.05) is 19.6 Å². The van der Waals surface area contributed by atoms with Crippen LogP contribution >= 0.6 is 0 Å². The monoisotopic (exact) mass is 238 g/mol. The van der Waals surface area contributed by atoms with Gasteiger partial charge in [0.05, 0.1) is 0 Å². The van der Waals surface area contributed by atoms with Crippen molar-refractivity contribution in [3.63, 3.8) is 0 Å². The van der Waals surface area contributed by atoms with Crippen LogP contribution in [-0.4, -0.2) is 30.6 Å². The molecule has 0 bridgehead atoms. The third kappa shape index (κ3) is 3.36. The van der Waals surface area contributed by atoms with Crippen LogP contribution in [-0.2, 0) is 0 Å². The second kappa shape index (κ2) is 5.28. The van der Waals surface area contributed by atoms with Crippen LogP contribution < -0.4 is 5.32 Å². The summed E-state index contributed by atoms with van der Waals surface area (Å²) in [6.07, 6.45) is 7.54. The molecule has 1 heterocycles. The highest BCUT2D eigenvalue weighted by atomic mass is 16.2. The van der Waals surface area contributed by atoms with Gasteiger partial charge in [0.1, 0.15) is 0 Å². The zero-order valence-electron chi connectivity index (χ0n) is 11.3. The minimum Gasteiger partial charge on any atom is -0.337 e. The Morgan fingerprint density at radius 2 is 2.24 bits per heavy atom. The molecule has 3 nitrogen and oxygen atoms in total. The largest absolute Gasteiger partial charge is 0.337 e. The lowest BCUT2D eigenvalue weighted by atomic mass is 10.00. The summed E-state index contributed by atoms with van der Waals surface area (Å²) >= 11 is 0. The summed E-state index contributed by atoms with van der Waals surface area (Å²) in [5, 5.41) is 3.15. The summed E-state index contributed by atoms with van der Waals surface area (Å²) in [4.78, 5) is 14.0. The van der Waals surface area contributed by atoms with Crippen molar-refractivity contribution in [2.24, 2.45) is 11.3 Å². The van der Waals surface area contributed by atoms with Crippen molar-refractivity contribution in [2.45, 2.75) is 52.4 Å². The molecule has 2 aliphatic rings. The topological polar surface area (TPSA) is 32.3 Å². The van der Waals surface area contributed by atoms with Gasteiger partial charge in [-0.15, -0.1) is 0 Å². The molecule has 0 spiro atoms. The lowest BCUT2D eigenvalue weighted by Gasteiger charge is -2.31. The fourth-order valence-electron chi connectivity index (χ4n) is 2.97. The van der Waals surface area contributed by atoms with Gasteiger partial charge in [-0.05, 0) is 43.4 Å². The van der Waals surface area contributed by atoms with Crippen LogP contribution in [0.2, 0.25) is 0 Å². The highest BCUT2D eigenvalue weighted by molar-refractivity contribution is 5.74. The van der Waals surface area contributed by atoms with E-state index >= 15 is 0 Å². The molecular formula is C14H26N2O. The maximum Gasteiger partial charge on any atom is 0.317 e. The Morgan fingerprint density at radius 1 is 1.47 bits per heavy atom. The number of amides is 2. The fourth-order valence-corrected chi connectivity index (χ4v) is 2.97. The predicted molar refractivity (Wildman–Crippen MR) is 69.9 cm³/mol. The van der Waals surface area contributed by atoms with Crippen molar-refractivity contribution in [1.82, 2.24) is 10.2 Å². The summed E-state index contributed by atoms with van der Waals surface area (Å²) < 4.78 is 0. The maximum atomic E-state index is 12.0. The molecule has 1 saturated heterocycles. The van der Waals surface area contributed by atoms with Crippen LogP contribution in [0.3, 0.4) is 0 Å². The number of piperidine rings is 1. The number of hydrogen-bond donors (Lipinski definition) is 1. The van der Waals surface area contributed by atoms with E-state index in [4.69, 9.17) is 0 Å². The van der Waals surface area contributed by atoms with E-state index in [1.165, 1.54) is 32.1 Å². The van der Waals surface area contributed by atoms with Gasteiger partial charge in [-0.2, -0.15) is 0 Å². The Kier molecular flexibility index (Phi) is 3.95. The van der Waals surface area contributed by atoms with Gasteiger partial charge in [0.15, 0.2) is 0 Å². The van der Waals surface area contributed by atoms with Gasteiger partial charge in [-0.1, -0.05) is 20.3 Å². The second-order valence-electron chi connectivity index (χ2n) is 6.10. The van der Waals surface area contributed by atoms with Gasteiger partial charge in [-0.25, -0.2) is 4.79 Å². The van der Waals surface area contributed by atoms with E-state index in [-0.39, 0.29) is 6.03 Å². The Morgan fingerprint density at radius 3 is 2.82 bits per heavy atom. The highest BCUT2D eigenvalue weighted by Gasteiger charge is 2.41. The Hall–Kier alpha value is -0.730. The van der Waals surface area contributed by atoms with Gasteiger partial charge < -0.3 is 10.2 Å². The number of urea groups is 1. The molecule has 1 N–H and O–H groups in total. The summed E-state index contributed by atoms with van der Waals surface area (Å²) in [5.74, 6) is 0.667. The van der Waals surface area contributed by atoms with Gasteiger partial charge in [-0.3, -0.25) is 0 Å². The number of rotatable bonds is 4. The highest BCUT2D eigenvalue weighted by Crippen LogP contribution is 2.48. The van der Waals surface area contributed by atoms with E-state index in [9.17, 15) is 4.79 Å². The van der Waals surface area contributed by atoms with E-state index in [0.29, 0.717) is 11.3 Å². The Labute approximate surface area is 105 Å². The minimum atomic E-state index is 0.166. The second-order valence-corrected chi connectivity index (χ2v) is 6.10. The maximum absolute atomic E-state index is 12.0. The quantitative estimate of drug-likeness (QED) is 0.802. The number of likely N-dealkylation sites (tertiary alicyclic amines) is 1. The molecule has 2 fully saturated rings. The van der Waals surface area contributed by atoms with Crippen LogP contribution in [0.5, 0.6) is 0 Å². The lowest BCUT2D eigenvalue weighted by Crippen LogP contribution is -2.46. The molecule has 98 valence electrons. The van der Waals surface area contributed by atoms with Crippen molar-refractivity contribution in [3.05, 3.63) is 0 Å². The molecule has 0 aromatic rings. The van der Waals surface area contributed by atoms with Crippen LogP contribution in [0, 0.1) is 11.3 Å². The third-order valence-corrected chi connectivity index (χ3v) is 4.30. The zero-order valence-corrected chi connectivity index (χ0v) is 11.3. The summed E-state index contributed by atoms with van der Waals surface area (Å²) in [6, 6.07) is 0.166. The Balaban J connectivity index is 1.73. The van der Waals surface area contributed by atoms with Crippen molar-refractivity contribution in [2.75, 3.05) is 19.6 Å². The molecule has 17 heavy (non-hydrogen) atoms. The standard InChI is InChI=1S/C14H26N2O/c1-3-6-14(7-8-14)11-15-13(17)16-9-4-5-12(2)10-16/h12H,3-11H2,1-2H3,(H,15,17). The summed E-state index contributed by atoms with van der Waals surface area (Å²) in [6.45, 7) is 7.24. The molecule has 1 saturated carbocycles. The molecule has 1 unspecified atom stereocenters. The molecule has 0 radical (unpaired) electrons. The number of nitrogens with zero attached hydrogens (tertiary/aromatic N) is 1. The predicted octanol–water partition coefficient (Wildman–Crippen LogP) is 3.01. The van der Waals surface area contributed by atoms with Gasteiger partial charge in [0.25, 0.3) is 0 Å². The molecule has 3 heteroatoms. The first-order chi connectivity index (χ1) is 8.15. The number of carbonyl (C=O) groups is 1. The van der Waals surface area contributed by atoms with Crippen LogP contribution in [0.4, 0.5) is 4.79 Å². The van der Waals surface area contributed by atoms with Crippen LogP contribution in [0.15, 0.2) is 0 Å². The number of hydrogen-bond acceptors (Lipinski definition) is 1. The average molecular weight is 238 g/mol. The number of nitrogens with one attached hydrogen (secondary N) is 1. The zero-order chi connectivity index (χ0) is 12.3. The first kappa shape index (κ1) is 12.7.